The van der Waals surface area contributed by atoms with E-state index in [-0.39, 0.29) is 11.3 Å². The molecule has 0 aliphatic heterocycles. The van der Waals surface area contributed by atoms with E-state index in [1.165, 1.54) is 0 Å². The monoisotopic (exact) mass is 368 g/mol. The predicted octanol–water partition coefficient (Wildman–Crippen LogP) is 6.93. The van der Waals surface area contributed by atoms with Crippen molar-refractivity contribution in [3.05, 3.63) is 57.6 Å². The molecule has 0 saturated heterocycles. The Bertz CT molecular complexity index is 755. The molecule has 2 N–H and O–H groups in total. The van der Waals surface area contributed by atoms with Crippen molar-refractivity contribution in [1.29, 1.82) is 0 Å². The van der Waals surface area contributed by atoms with Crippen LogP contribution in [0.3, 0.4) is 0 Å². The highest BCUT2D eigenvalue weighted by Crippen LogP contribution is 2.44. The van der Waals surface area contributed by atoms with Gasteiger partial charge in [0.1, 0.15) is 11.5 Å². The van der Waals surface area contributed by atoms with Crippen LogP contribution in [-0.2, 0) is 0 Å². The summed E-state index contributed by atoms with van der Waals surface area (Å²) in [6.07, 6.45) is 1.99. The van der Waals surface area contributed by atoms with Gasteiger partial charge >= 0.3 is 0 Å². The zero-order valence-corrected chi connectivity index (χ0v) is 18.3. The smallest absolute Gasteiger partial charge is 0.122 e. The van der Waals surface area contributed by atoms with Crippen LogP contribution in [0, 0.1) is 39.0 Å². The fourth-order valence-corrected chi connectivity index (χ4v) is 4.47. The fraction of sp³-hybridized carbons (Fsp3) is 0.520. The van der Waals surface area contributed by atoms with E-state index in [2.05, 4.69) is 53.7 Å². The second-order valence-electron chi connectivity index (χ2n) is 9.70. The van der Waals surface area contributed by atoms with E-state index in [4.69, 9.17) is 0 Å². The molecule has 27 heavy (non-hydrogen) atoms. The van der Waals surface area contributed by atoms with Gasteiger partial charge in [-0.15, -0.1) is 0 Å². The van der Waals surface area contributed by atoms with E-state index in [0.29, 0.717) is 17.4 Å². The Balaban J connectivity index is 2.60. The normalized spacial score (nSPS) is 13.2. The number of hydrogen-bond acceptors (Lipinski definition) is 2. The molecule has 2 aromatic carbocycles. The van der Waals surface area contributed by atoms with Crippen LogP contribution in [0.2, 0.25) is 0 Å². The average molecular weight is 369 g/mol. The third-order valence-corrected chi connectivity index (χ3v) is 5.30. The van der Waals surface area contributed by atoms with Crippen molar-refractivity contribution in [3.8, 4) is 11.5 Å². The van der Waals surface area contributed by atoms with Gasteiger partial charge in [0.05, 0.1) is 0 Å². The van der Waals surface area contributed by atoms with Crippen LogP contribution < -0.4 is 0 Å². The molecule has 0 spiro atoms. The zero-order chi connectivity index (χ0) is 20.5. The maximum atomic E-state index is 10.8. The standard InChI is InChI=1S/C25H36O2/c1-15-9-18(4)23(26)21(11-15)20(13-17(3)14-25(6,7)8)22-12-16(2)10-19(5)24(22)27/h9-12,17,20,26-27H,13-14H2,1-8H3. The van der Waals surface area contributed by atoms with Gasteiger partial charge in [-0.3, -0.25) is 0 Å². The first kappa shape index (κ1) is 21.3. The third kappa shape index (κ3) is 5.28. The van der Waals surface area contributed by atoms with Crippen molar-refractivity contribution in [2.24, 2.45) is 11.3 Å². The Morgan fingerprint density at radius 1 is 0.778 bits per heavy atom. The molecular weight excluding hydrogens is 332 g/mol. The van der Waals surface area contributed by atoms with Crippen molar-refractivity contribution in [3.63, 3.8) is 0 Å². The van der Waals surface area contributed by atoms with Crippen LogP contribution in [0.25, 0.3) is 0 Å². The molecular formula is C25H36O2. The number of aryl methyl sites for hydroxylation is 4. The van der Waals surface area contributed by atoms with Gasteiger partial charge in [-0.05, 0) is 63.0 Å². The molecule has 0 radical (unpaired) electrons. The zero-order valence-electron chi connectivity index (χ0n) is 18.3. The Hall–Kier alpha value is -1.96. The highest BCUT2D eigenvalue weighted by Gasteiger charge is 2.27. The molecule has 1 atom stereocenters. The first-order valence-corrected chi connectivity index (χ1v) is 9.99. The Kier molecular flexibility index (Phi) is 6.29. The summed E-state index contributed by atoms with van der Waals surface area (Å²) in [6.45, 7) is 17.1. The van der Waals surface area contributed by atoms with Crippen molar-refractivity contribution >= 4 is 0 Å². The molecule has 0 heterocycles. The number of aromatic hydroxyl groups is 2. The summed E-state index contributed by atoms with van der Waals surface area (Å²) in [5, 5.41) is 21.7. The second kappa shape index (κ2) is 7.96. The highest BCUT2D eigenvalue weighted by molar-refractivity contribution is 5.53. The molecule has 0 aliphatic rings. The minimum Gasteiger partial charge on any atom is -0.507 e. The lowest BCUT2D eigenvalue weighted by atomic mass is 9.76. The minimum atomic E-state index is -0.0282. The molecule has 0 aromatic heterocycles. The summed E-state index contributed by atoms with van der Waals surface area (Å²) in [4.78, 5) is 0. The van der Waals surface area contributed by atoms with Crippen molar-refractivity contribution < 1.29 is 10.2 Å². The maximum Gasteiger partial charge on any atom is 0.122 e. The lowest BCUT2D eigenvalue weighted by Crippen LogP contribution is -2.15. The topological polar surface area (TPSA) is 40.5 Å². The van der Waals surface area contributed by atoms with Crippen LogP contribution in [-0.4, -0.2) is 10.2 Å². The second-order valence-corrected chi connectivity index (χ2v) is 9.70. The number of phenols is 2. The van der Waals surface area contributed by atoms with Gasteiger partial charge in [-0.25, -0.2) is 0 Å². The molecule has 0 aliphatic carbocycles. The summed E-state index contributed by atoms with van der Waals surface area (Å²) in [5.41, 5.74) is 6.15. The largest absolute Gasteiger partial charge is 0.507 e. The molecule has 0 bridgehead atoms. The van der Waals surface area contributed by atoms with E-state index in [1.807, 2.05) is 26.0 Å². The molecule has 0 amide bonds. The quantitative estimate of drug-likeness (QED) is 0.601. The van der Waals surface area contributed by atoms with Gasteiger partial charge < -0.3 is 10.2 Å². The molecule has 2 aromatic rings. The number of hydrogen-bond donors (Lipinski definition) is 2. The fourth-order valence-electron chi connectivity index (χ4n) is 4.47. The average Bonchev–Trinajstić information content (AvgIpc) is 2.50. The SMILES string of the molecule is Cc1cc(C)c(O)c(C(CC(C)CC(C)(C)C)c2cc(C)cc(C)c2O)c1. The van der Waals surface area contributed by atoms with E-state index in [1.54, 1.807) is 0 Å². The molecule has 2 heteroatoms. The lowest BCUT2D eigenvalue weighted by molar-refractivity contribution is 0.289. The number of phenolic OH excluding ortho intramolecular Hbond substituents is 2. The maximum absolute atomic E-state index is 10.8. The van der Waals surface area contributed by atoms with Gasteiger partial charge in [-0.1, -0.05) is 63.1 Å². The summed E-state index contributed by atoms with van der Waals surface area (Å²) >= 11 is 0. The summed E-state index contributed by atoms with van der Waals surface area (Å²) in [7, 11) is 0. The highest BCUT2D eigenvalue weighted by atomic mass is 16.3. The van der Waals surface area contributed by atoms with Gasteiger partial charge in [0, 0.05) is 17.0 Å². The van der Waals surface area contributed by atoms with Crippen molar-refractivity contribution in [2.45, 2.75) is 74.1 Å². The van der Waals surface area contributed by atoms with Gasteiger partial charge in [-0.2, -0.15) is 0 Å². The summed E-state index contributed by atoms with van der Waals surface area (Å²) < 4.78 is 0. The lowest BCUT2D eigenvalue weighted by Gasteiger charge is -2.29. The van der Waals surface area contributed by atoms with E-state index >= 15 is 0 Å². The van der Waals surface area contributed by atoms with Gasteiger partial charge in [0.2, 0.25) is 0 Å². The molecule has 0 saturated carbocycles. The van der Waals surface area contributed by atoms with Crippen LogP contribution in [0.4, 0.5) is 0 Å². The Morgan fingerprint density at radius 2 is 1.19 bits per heavy atom. The van der Waals surface area contributed by atoms with Gasteiger partial charge in [0.25, 0.3) is 0 Å². The summed E-state index contributed by atoms with van der Waals surface area (Å²) in [5.74, 6) is 1.15. The van der Waals surface area contributed by atoms with E-state index < -0.39 is 0 Å². The van der Waals surface area contributed by atoms with E-state index in [0.717, 1.165) is 46.2 Å². The van der Waals surface area contributed by atoms with E-state index in [9.17, 15) is 10.2 Å². The van der Waals surface area contributed by atoms with Crippen LogP contribution in [0.15, 0.2) is 24.3 Å². The molecule has 2 nitrogen and oxygen atoms in total. The molecule has 2 rings (SSSR count). The minimum absolute atomic E-state index is 0.0282. The molecule has 1 unspecified atom stereocenters. The first-order valence-electron chi connectivity index (χ1n) is 9.99. The van der Waals surface area contributed by atoms with Crippen LogP contribution in [0.1, 0.15) is 79.8 Å². The van der Waals surface area contributed by atoms with Crippen LogP contribution >= 0.6 is 0 Å². The summed E-state index contributed by atoms with van der Waals surface area (Å²) in [6, 6.07) is 8.17. The Morgan fingerprint density at radius 3 is 1.56 bits per heavy atom. The Labute approximate surface area is 165 Å². The number of benzene rings is 2. The van der Waals surface area contributed by atoms with Crippen molar-refractivity contribution in [2.75, 3.05) is 0 Å². The van der Waals surface area contributed by atoms with Crippen LogP contribution in [0.5, 0.6) is 11.5 Å². The molecule has 148 valence electrons. The molecule has 0 fully saturated rings. The third-order valence-electron chi connectivity index (χ3n) is 5.30. The van der Waals surface area contributed by atoms with Crippen molar-refractivity contribution in [1.82, 2.24) is 0 Å². The first-order chi connectivity index (χ1) is 12.4. The predicted molar refractivity (Wildman–Crippen MR) is 115 cm³/mol. The van der Waals surface area contributed by atoms with Gasteiger partial charge in [0.15, 0.2) is 0 Å². The number of rotatable bonds is 5.